The number of hydrogen-bond acceptors (Lipinski definition) is 5. The van der Waals surface area contributed by atoms with E-state index in [0.717, 1.165) is 0 Å². The molecule has 104 valence electrons. The number of carbonyl (C=O) groups excluding carboxylic acids is 1. The van der Waals surface area contributed by atoms with Crippen LogP contribution < -0.4 is 0 Å². The Morgan fingerprint density at radius 3 is 2.16 bits per heavy atom. The molecule has 1 rings (SSSR count). The highest BCUT2D eigenvalue weighted by Crippen LogP contribution is 2.56. The van der Waals surface area contributed by atoms with Crippen LogP contribution >= 0.6 is 7.60 Å². The van der Waals surface area contributed by atoms with Gasteiger partial charge in [0.25, 0.3) is 0 Å². The lowest BCUT2D eigenvalue weighted by atomic mass is 10.1. The molecule has 0 spiro atoms. The van der Waals surface area contributed by atoms with Crippen LogP contribution in [0.4, 0.5) is 0 Å². The van der Waals surface area contributed by atoms with E-state index in [0.29, 0.717) is 11.8 Å². The maximum absolute atomic E-state index is 12.5. The van der Waals surface area contributed by atoms with E-state index >= 15 is 0 Å². The summed E-state index contributed by atoms with van der Waals surface area (Å²) in [7, 11) is -3.79. The van der Waals surface area contributed by atoms with Crippen LogP contribution in [-0.2, 0) is 13.6 Å². The van der Waals surface area contributed by atoms with Gasteiger partial charge in [-0.2, -0.15) is 0 Å². The van der Waals surface area contributed by atoms with Crippen LogP contribution in [0.5, 0.6) is 0 Å². The number of rotatable bonds is 7. The molecule has 0 atom stereocenters. The Morgan fingerprint density at radius 2 is 1.74 bits per heavy atom. The first-order chi connectivity index (χ1) is 9.09. The minimum atomic E-state index is -3.79. The molecule has 0 heterocycles. The number of carbonyl (C=O) groups is 1. The standard InChI is InChI=1S/C13H17O5P/c1-3-17-19(16,18-4-2)12(10-14)13(15)11-8-6-5-7-9-11/h5-10,14H,3-4H2,1-2H3/b12-10-. The van der Waals surface area contributed by atoms with E-state index in [1.54, 1.807) is 44.2 Å². The van der Waals surface area contributed by atoms with E-state index < -0.39 is 13.4 Å². The van der Waals surface area contributed by atoms with Gasteiger partial charge in [0.1, 0.15) is 5.31 Å². The lowest BCUT2D eigenvalue weighted by Crippen LogP contribution is -2.08. The zero-order valence-corrected chi connectivity index (χ0v) is 11.8. The first-order valence-electron chi connectivity index (χ1n) is 5.92. The molecule has 5 nitrogen and oxygen atoms in total. The molecule has 0 aromatic heterocycles. The summed E-state index contributed by atoms with van der Waals surface area (Å²) in [6.07, 6.45) is 0.501. The second-order valence-corrected chi connectivity index (χ2v) is 5.54. The summed E-state index contributed by atoms with van der Waals surface area (Å²) in [5, 5.41) is 8.87. The molecule has 0 radical (unpaired) electrons. The number of allylic oxidation sites excluding steroid dienone is 1. The van der Waals surface area contributed by atoms with Crippen molar-refractivity contribution in [2.24, 2.45) is 0 Å². The highest BCUT2D eigenvalue weighted by molar-refractivity contribution is 7.60. The van der Waals surface area contributed by atoms with Crippen molar-refractivity contribution in [2.75, 3.05) is 13.2 Å². The average molecular weight is 284 g/mol. The molecule has 1 N–H and O–H groups in total. The summed E-state index contributed by atoms with van der Waals surface area (Å²) in [4.78, 5) is 12.2. The van der Waals surface area contributed by atoms with Crippen LogP contribution in [0.25, 0.3) is 0 Å². The summed E-state index contributed by atoms with van der Waals surface area (Å²) in [6, 6.07) is 8.23. The molecular formula is C13H17O5P. The van der Waals surface area contributed by atoms with Gasteiger partial charge in [0.2, 0.25) is 5.78 Å². The fraction of sp³-hybridized carbons (Fsp3) is 0.308. The van der Waals surface area contributed by atoms with Crippen molar-refractivity contribution >= 4 is 13.4 Å². The molecule has 0 aliphatic heterocycles. The molecule has 19 heavy (non-hydrogen) atoms. The zero-order valence-electron chi connectivity index (χ0n) is 10.9. The molecule has 6 heteroatoms. The largest absolute Gasteiger partial charge is 0.514 e. The quantitative estimate of drug-likeness (QED) is 0.359. The molecule has 0 saturated heterocycles. The van der Waals surface area contributed by atoms with Gasteiger partial charge < -0.3 is 14.2 Å². The summed E-state index contributed by atoms with van der Waals surface area (Å²) in [5.74, 6) is -0.576. The second kappa shape index (κ2) is 7.24. The van der Waals surface area contributed by atoms with Crippen LogP contribution in [0.2, 0.25) is 0 Å². The second-order valence-electron chi connectivity index (χ2n) is 3.54. The third-order valence-electron chi connectivity index (χ3n) is 2.28. The predicted molar refractivity (Wildman–Crippen MR) is 72.3 cm³/mol. The number of benzene rings is 1. The van der Waals surface area contributed by atoms with E-state index in [1.165, 1.54) is 0 Å². The third-order valence-corrected chi connectivity index (χ3v) is 4.39. The van der Waals surface area contributed by atoms with Crippen molar-refractivity contribution in [3.05, 3.63) is 47.5 Å². The van der Waals surface area contributed by atoms with Gasteiger partial charge in [-0.15, -0.1) is 0 Å². The first-order valence-corrected chi connectivity index (χ1v) is 7.47. The Balaban J connectivity index is 3.13. The minimum absolute atomic E-state index is 0.108. The Kier molecular flexibility index (Phi) is 5.96. The average Bonchev–Trinajstić information content (AvgIpc) is 2.40. The summed E-state index contributed by atoms with van der Waals surface area (Å²) in [6.45, 7) is 3.48. The van der Waals surface area contributed by atoms with Gasteiger partial charge in [-0.1, -0.05) is 30.3 Å². The molecule has 0 unspecified atom stereocenters. The summed E-state index contributed by atoms with van der Waals surface area (Å²) >= 11 is 0. The van der Waals surface area contributed by atoms with Crippen molar-refractivity contribution in [1.82, 2.24) is 0 Å². The van der Waals surface area contributed by atoms with Crippen molar-refractivity contribution in [1.29, 1.82) is 0 Å². The third kappa shape index (κ3) is 3.77. The number of Topliss-reactive ketones (excluding diaryl/α,β-unsaturated/α-hetero) is 1. The monoisotopic (exact) mass is 284 g/mol. The maximum Gasteiger partial charge on any atom is 0.368 e. The molecular weight excluding hydrogens is 267 g/mol. The normalized spacial score (nSPS) is 12.4. The van der Waals surface area contributed by atoms with E-state index in [4.69, 9.17) is 9.05 Å². The van der Waals surface area contributed by atoms with Crippen molar-refractivity contribution in [3.63, 3.8) is 0 Å². The van der Waals surface area contributed by atoms with Gasteiger partial charge in [0, 0.05) is 5.56 Å². The summed E-state index contributed by atoms with van der Waals surface area (Å²) < 4.78 is 22.6. The van der Waals surface area contributed by atoms with Gasteiger partial charge in [0.15, 0.2) is 0 Å². The molecule has 0 aliphatic rings. The van der Waals surface area contributed by atoms with Gasteiger partial charge in [0.05, 0.1) is 19.5 Å². The molecule has 1 aromatic rings. The topological polar surface area (TPSA) is 72.8 Å². The summed E-state index contributed by atoms with van der Waals surface area (Å²) in [5.41, 5.74) is 0.308. The minimum Gasteiger partial charge on any atom is -0.514 e. The highest BCUT2D eigenvalue weighted by atomic mass is 31.2. The van der Waals surface area contributed by atoms with Gasteiger partial charge in [-0.05, 0) is 13.8 Å². The lowest BCUT2D eigenvalue weighted by molar-refractivity contribution is 0.103. The molecule has 0 amide bonds. The Labute approximate surface area is 112 Å². The van der Waals surface area contributed by atoms with E-state index in [2.05, 4.69) is 0 Å². The molecule has 0 bridgehead atoms. The fourth-order valence-electron chi connectivity index (χ4n) is 1.51. The van der Waals surface area contributed by atoms with E-state index in [1.807, 2.05) is 0 Å². The van der Waals surface area contributed by atoms with Crippen LogP contribution in [0, 0.1) is 0 Å². The maximum atomic E-state index is 12.5. The number of hydrogen-bond donors (Lipinski definition) is 1. The molecule has 0 saturated carbocycles. The highest BCUT2D eigenvalue weighted by Gasteiger charge is 2.35. The van der Waals surface area contributed by atoms with Crippen molar-refractivity contribution in [3.8, 4) is 0 Å². The Morgan fingerprint density at radius 1 is 1.21 bits per heavy atom. The van der Waals surface area contributed by atoms with E-state index in [-0.39, 0.29) is 18.5 Å². The first kappa shape index (κ1) is 15.6. The zero-order chi connectivity index (χ0) is 14.3. The van der Waals surface area contributed by atoms with Crippen LogP contribution in [0.1, 0.15) is 24.2 Å². The Hall–Kier alpha value is -1.42. The smallest absolute Gasteiger partial charge is 0.368 e. The number of ketones is 1. The van der Waals surface area contributed by atoms with Crippen molar-refractivity contribution in [2.45, 2.75) is 13.8 Å². The molecule has 0 aliphatic carbocycles. The van der Waals surface area contributed by atoms with Gasteiger partial charge >= 0.3 is 7.60 Å². The number of aliphatic hydroxyl groups is 1. The fourth-order valence-corrected chi connectivity index (χ4v) is 3.06. The molecule has 0 fully saturated rings. The van der Waals surface area contributed by atoms with Crippen molar-refractivity contribution < 1.29 is 23.5 Å². The SMILES string of the molecule is CCOP(=O)(OCC)/C(=C\O)C(=O)c1ccccc1. The van der Waals surface area contributed by atoms with Gasteiger partial charge in [-0.3, -0.25) is 9.36 Å². The number of aliphatic hydroxyl groups excluding tert-OH is 1. The molecule has 1 aromatic carbocycles. The van der Waals surface area contributed by atoms with E-state index in [9.17, 15) is 14.5 Å². The van der Waals surface area contributed by atoms with Crippen LogP contribution in [0.15, 0.2) is 41.9 Å². The van der Waals surface area contributed by atoms with Crippen LogP contribution in [0.3, 0.4) is 0 Å². The van der Waals surface area contributed by atoms with Gasteiger partial charge in [-0.25, -0.2) is 0 Å². The predicted octanol–water partition coefficient (Wildman–Crippen LogP) is 3.53. The Bertz CT molecular complexity index is 485. The van der Waals surface area contributed by atoms with Crippen LogP contribution in [-0.4, -0.2) is 24.1 Å². The lowest BCUT2D eigenvalue weighted by Gasteiger charge is -2.18.